The SMILES string of the molecule is CN=C(NCc1ccccc1-n1nc(C)cc1C)NCC1CN2CCCC2CO1. The van der Waals surface area contributed by atoms with Crippen LogP contribution in [-0.2, 0) is 11.3 Å². The lowest BCUT2D eigenvalue weighted by Crippen LogP contribution is -2.51. The summed E-state index contributed by atoms with van der Waals surface area (Å²) in [5, 5.41) is 11.5. The molecule has 7 nitrogen and oxygen atoms in total. The minimum Gasteiger partial charge on any atom is -0.373 e. The van der Waals surface area contributed by atoms with Crippen LogP contribution >= 0.6 is 0 Å². The van der Waals surface area contributed by atoms with Gasteiger partial charge in [0.25, 0.3) is 0 Å². The van der Waals surface area contributed by atoms with E-state index in [-0.39, 0.29) is 6.10 Å². The highest BCUT2D eigenvalue weighted by Crippen LogP contribution is 2.22. The summed E-state index contributed by atoms with van der Waals surface area (Å²) in [6.45, 7) is 8.62. The molecule has 2 atom stereocenters. The number of rotatable bonds is 5. The number of benzene rings is 1. The maximum Gasteiger partial charge on any atom is 0.191 e. The molecular formula is C22H32N6O. The molecule has 2 saturated heterocycles. The molecule has 156 valence electrons. The smallest absolute Gasteiger partial charge is 0.191 e. The Kier molecular flexibility index (Phi) is 6.16. The van der Waals surface area contributed by atoms with Gasteiger partial charge in [-0.3, -0.25) is 9.89 Å². The number of hydrogen-bond donors (Lipinski definition) is 2. The van der Waals surface area contributed by atoms with Gasteiger partial charge in [0.2, 0.25) is 0 Å². The maximum absolute atomic E-state index is 6.04. The van der Waals surface area contributed by atoms with Gasteiger partial charge in [0, 0.05) is 38.4 Å². The maximum atomic E-state index is 6.04. The second-order valence-corrected chi connectivity index (χ2v) is 8.02. The van der Waals surface area contributed by atoms with Gasteiger partial charge in [-0.1, -0.05) is 18.2 Å². The summed E-state index contributed by atoms with van der Waals surface area (Å²) in [6.07, 6.45) is 2.79. The highest BCUT2D eigenvalue weighted by atomic mass is 16.5. The molecule has 0 aliphatic carbocycles. The van der Waals surface area contributed by atoms with Crippen LogP contribution in [0.3, 0.4) is 0 Å². The molecule has 7 heteroatoms. The third kappa shape index (κ3) is 4.62. The van der Waals surface area contributed by atoms with E-state index < -0.39 is 0 Å². The summed E-state index contributed by atoms with van der Waals surface area (Å²) in [7, 11) is 1.81. The van der Waals surface area contributed by atoms with Crippen molar-refractivity contribution in [1.82, 2.24) is 25.3 Å². The zero-order chi connectivity index (χ0) is 20.2. The molecule has 2 aliphatic rings. The van der Waals surface area contributed by atoms with E-state index in [2.05, 4.69) is 56.8 Å². The van der Waals surface area contributed by atoms with Gasteiger partial charge in [-0.2, -0.15) is 5.10 Å². The summed E-state index contributed by atoms with van der Waals surface area (Å²) in [6, 6.07) is 11.1. The Morgan fingerprint density at radius 3 is 2.93 bits per heavy atom. The lowest BCUT2D eigenvalue weighted by molar-refractivity contribution is -0.0453. The highest BCUT2D eigenvalue weighted by Gasteiger charge is 2.32. The summed E-state index contributed by atoms with van der Waals surface area (Å²) >= 11 is 0. The van der Waals surface area contributed by atoms with Crippen LogP contribution in [0, 0.1) is 13.8 Å². The van der Waals surface area contributed by atoms with Gasteiger partial charge >= 0.3 is 0 Å². The van der Waals surface area contributed by atoms with Crippen LogP contribution in [-0.4, -0.2) is 66.1 Å². The largest absolute Gasteiger partial charge is 0.373 e. The molecule has 29 heavy (non-hydrogen) atoms. The van der Waals surface area contributed by atoms with Gasteiger partial charge in [0.05, 0.1) is 24.1 Å². The standard InChI is InChI=1S/C22H32N6O/c1-16-11-17(2)28(26-16)21-9-5-4-7-18(21)12-24-22(23-3)25-13-20-14-27-10-6-8-19(27)15-29-20/h4-5,7,9,11,19-20H,6,8,10,12-15H2,1-3H3,(H2,23,24,25). The fourth-order valence-corrected chi connectivity index (χ4v) is 4.36. The van der Waals surface area contributed by atoms with Crippen molar-refractivity contribution >= 4 is 5.96 Å². The number of fused-ring (bicyclic) bond motifs is 1. The monoisotopic (exact) mass is 396 g/mol. The van der Waals surface area contributed by atoms with Gasteiger partial charge in [-0.05, 0) is 50.9 Å². The molecule has 0 radical (unpaired) electrons. The number of aromatic nitrogens is 2. The van der Waals surface area contributed by atoms with Crippen molar-refractivity contribution in [2.75, 3.05) is 33.3 Å². The minimum absolute atomic E-state index is 0.213. The Labute approximate surface area is 173 Å². The number of aliphatic imine (C=N–C) groups is 1. The van der Waals surface area contributed by atoms with Crippen LogP contribution in [0.25, 0.3) is 5.69 Å². The molecule has 2 aliphatic heterocycles. The van der Waals surface area contributed by atoms with Crippen LogP contribution in [0.1, 0.15) is 29.8 Å². The van der Waals surface area contributed by atoms with E-state index in [1.807, 2.05) is 17.7 Å². The summed E-state index contributed by atoms with van der Waals surface area (Å²) < 4.78 is 8.05. The van der Waals surface area contributed by atoms with Crippen molar-refractivity contribution in [2.24, 2.45) is 4.99 Å². The fraction of sp³-hybridized carbons (Fsp3) is 0.545. The number of ether oxygens (including phenoxy) is 1. The third-order valence-corrected chi connectivity index (χ3v) is 5.86. The lowest BCUT2D eigenvalue weighted by atomic mass is 10.1. The quantitative estimate of drug-likeness (QED) is 0.598. The molecule has 2 fully saturated rings. The van der Waals surface area contributed by atoms with Crippen LogP contribution in [0.2, 0.25) is 0 Å². The Morgan fingerprint density at radius 1 is 1.28 bits per heavy atom. The van der Waals surface area contributed by atoms with E-state index >= 15 is 0 Å². The minimum atomic E-state index is 0.213. The molecule has 1 aromatic heterocycles. The van der Waals surface area contributed by atoms with Gasteiger partial charge < -0.3 is 15.4 Å². The van der Waals surface area contributed by atoms with E-state index in [4.69, 9.17) is 4.74 Å². The number of hydrogen-bond acceptors (Lipinski definition) is 4. The first-order chi connectivity index (χ1) is 14.1. The van der Waals surface area contributed by atoms with Crippen LogP contribution in [0.5, 0.6) is 0 Å². The summed E-state index contributed by atoms with van der Waals surface area (Å²) in [4.78, 5) is 6.95. The number of nitrogens with zero attached hydrogens (tertiary/aromatic N) is 4. The molecule has 0 spiro atoms. The van der Waals surface area contributed by atoms with E-state index in [9.17, 15) is 0 Å². The number of morpholine rings is 1. The van der Waals surface area contributed by atoms with E-state index in [0.717, 1.165) is 42.7 Å². The third-order valence-electron chi connectivity index (χ3n) is 5.86. The average molecular weight is 397 g/mol. The zero-order valence-corrected chi connectivity index (χ0v) is 17.7. The second kappa shape index (κ2) is 8.97. The van der Waals surface area contributed by atoms with Crippen molar-refractivity contribution in [3.63, 3.8) is 0 Å². The Morgan fingerprint density at radius 2 is 2.14 bits per heavy atom. The Balaban J connectivity index is 1.34. The lowest BCUT2D eigenvalue weighted by Gasteiger charge is -2.35. The van der Waals surface area contributed by atoms with Crippen LogP contribution in [0.15, 0.2) is 35.3 Å². The molecule has 2 aromatic rings. The predicted molar refractivity (Wildman–Crippen MR) is 116 cm³/mol. The number of guanidine groups is 1. The van der Waals surface area contributed by atoms with E-state index in [1.54, 1.807) is 7.05 Å². The highest BCUT2D eigenvalue weighted by molar-refractivity contribution is 5.79. The number of nitrogens with one attached hydrogen (secondary N) is 2. The molecular weight excluding hydrogens is 364 g/mol. The van der Waals surface area contributed by atoms with Crippen LogP contribution < -0.4 is 10.6 Å². The molecule has 0 amide bonds. The van der Waals surface area contributed by atoms with Gasteiger partial charge in [-0.15, -0.1) is 0 Å². The van der Waals surface area contributed by atoms with Crippen molar-refractivity contribution in [3.8, 4) is 5.69 Å². The first-order valence-electron chi connectivity index (χ1n) is 10.6. The molecule has 1 aromatic carbocycles. The average Bonchev–Trinajstić information content (AvgIpc) is 3.33. The predicted octanol–water partition coefficient (Wildman–Crippen LogP) is 2.02. The normalized spacial score (nSPS) is 22.5. The van der Waals surface area contributed by atoms with Crippen molar-refractivity contribution in [2.45, 2.75) is 45.4 Å². The summed E-state index contributed by atoms with van der Waals surface area (Å²) in [5.41, 5.74) is 4.43. The van der Waals surface area contributed by atoms with Crippen molar-refractivity contribution in [1.29, 1.82) is 0 Å². The Bertz CT molecular complexity index is 861. The number of para-hydroxylation sites is 1. The molecule has 3 heterocycles. The van der Waals surface area contributed by atoms with E-state index in [0.29, 0.717) is 12.6 Å². The molecule has 4 rings (SSSR count). The first kappa shape index (κ1) is 19.9. The van der Waals surface area contributed by atoms with E-state index in [1.165, 1.54) is 24.9 Å². The number of aryl methyl sites for hydroxylation is 2. The zero-order valence-electron chi connectivity index (χ0n) is 17.7. The molecule has 0 bridgehead atoms. The van der Waals surface area contributed by atoms with Crippen molar-refractivity contribution < 1.29 is 4.74 Å². The van der Waals surface area contributed by atoms with Gasteiger partial charge in [0.15, 0.2) is 5.96 Å². The molecule has 2 N–H and O–H groups in total. The summed E-state index contributed by atoms with van der Waals surface area (Å²) in [5.74, 6) is 0.792. The van der Waals surface area contributed by atoms with Gasteiger partial charge in [0.1, 0.15) is 0 Å². The molecule has 0 saturated carbocycles. The van der Waals surface area contributed by atoms with Crippen molar-refractivity contribution in [3.05, 3.63) is 47.3 Å². The Hall–Kier alpha value is -2.38. The first-order valence-corrected chi connectivity index (χ1v) is 10.6. The second-order valence-electron chi connectivity index (χ2n) is 8.02. The van der Waals surface area contributed by atoms with Gasteiger partial charge in [-0.25, -0.2) is 4.68 Å². The molecule has 2 unspecified atom stereocenters. The topological polar surface area (TPSA) is 66.7 Å². The van der Waals surface area contributed by atoms with Crippen LogP contribution in [0.4, 0.5) is 0 Å². The fourth-order valence-electron chi connectivity index (χ4n) is 4.36.